The standard InChI is InChI=1S/C36H64NO8P/c1-6-8-10-12-14-15-16-17-18-19-20-21-23-24-26-28-35(38)42-32-34(33-44-46(40,41)43-31-30-37(3,4)5)45-36(39)29-27-25-22-13-11-9-7-2/h8,10,12,14-18,34H,6-7,9,11,13,19-33H2,1-5H3/b10-8+,14-12+,16-15+,18-17+/t34-/m0/s1. The molecule has 9 nitrogen and oxygen atoms in total. The molecule has 0 radical (unpaired) electrons. The molecule has 0 aliphatic rings. The van der Waals surface area contributed by atoms with Crippen molar-refractivity contribution in [1.29, 1.82) is 0 Å². The van der Waals surface area contributed by atoms with Gasteiger partial charge >= 0.3 is 11.9 Å². The number of nitrogens with zero attached hydrogens (tertiary/aromatic N) is 1. The number of phosphoric acid groups is 1. The quantitative estimate of drug-likeness (QED) is 0.0248. The van der Waals surface area contributed by atoms with Crippen LogP contribution in [0.25, 0.3) is 0 Å². The van der Waals surface area contributed by atoms with Crippen LogP contribution in [0, 0.1) is 0 Å². The molecule has 0 aromatic carbocycles. The first kappa shape index (κ1) is 44.0. The number of carbonyl (C=O) groups is 2. The average Bonchev–Trinajstić information content (AvgIpc) is 2.99. The fraction of sp³-hybridized carbons (Fsp3) is 0.722. The van der Waals surface area contributed by atoms with E-state index in [9.17, 15) is 19.0 Å². The van der Waals surface area contributed by atoms with E-state index in [1.165, 1.54) is 19.3 Å². The highest BCUT2D eigenvalue weighted by Crippen LogP contribution is 2.38. The van der Waals surface area contributed by atoms with Gasteiger partial charge < -0.3 is 27.9 Å². The van der Waals surface area contributed by atoms with Gasteiger partial charge in [0, 0.05) is 12.8 Å². The van der Waals surface area contributed by atoms with E-state index in [1.807, 2.05) is 51.5 Å². The number of quaternary nitrogens is 1. The van der Waals surface area contributed by atoms with E-state index in [0.29, 0.717) is 23.9 Å². The third kappa shape index (κ3) is 31.9. The molecule has 0 aliphatic carbocycles. The summed E-state index contributed by atoms with van der Waals surface area (Å²) in [4.78, 5) is 37.1. The Morgan fingerprint density at radius 2 is 1.24 bits per heavy atom. The molecule has 0 aromatic heterocycles. The summed E-state index contributed by atoms with van der Waals surface area (Å²) in [6.07, 6.45) is 30.2. The molecule has 0 spiro atoms. The lowest BCUT2D eigenvalue weighted by Gasteiger charge is -2.28. The number of allylic oxidation sites excluding steroid dienone is 8. The summed E-state index contributed by atoms with van der Waals surface area (Å²) in [5.41, 5.74) is 0. The Hall–Kier alpha value is -2.03. The number of ether oxygens (including phenoxy) is 2. The van der Waals surface area contributed by atoms with E-state index >= 15 is 0 Å². The predicted octanol–water partition coefficient (Wildman–Crippen LogP) is 8.16. The molecule has 0 N–H and O–H groups in total. The summed E-state index contributed by atoms with van der Waals surface area (Å²) in [6, 6.07) is 0. The molecule has 1 unspecified atom stereocenters. The maximum Gasteiger partial charge on any atom is 0.306 e. The average molecular weight is 670 g/mol. The molecule has 0 saturated heterocycles. The zero-order chi connectivity index (χ0) is 34.4. The van der Waals surface area contributed by atoms with Crippen molar-refractivity contribution in [2.24, 2.45) is 0 Å². The summed E-state index contributed by atoms with van der Waals surface area (Å²) in [5.74, 6) is -0.876. The number of esters is 2. The third-order valence-electron chi connectivity index (χ3n) is 6.96. The molecule has 0 aromatic rings. The van der Waals surface area contributed by atoms with Crippen LogP contribution in [0.2, 0.25) is 0 Å². The van der Waals surface area contributed by atoms with Crippen LogP contribution in [0.3, 0.4) is 0 Å². The Balaban J connectivity index is 4.47. The van der Waals surface area contributed by atoms with Gasteiger partial charge in [-0.1, -0.05) is 120 Å². The van der Waals surface area contributed by atoms with Crippen molar-refractivity contribution in [1.82, 2.24) is 0 Å². The van der Waals surface area contributed by atoms with Crippen molar-refractivity contribution in [3.63, 3.8) is 0 Å². The van der Waals surface area contributed by atoms with Crippen LogP contribution < -0.4 is 4.89 Å². The van der Waals surface area contributed by atoms with Crippen molar-refractivity contribution in [3.05, 3.63) is 48.6 Å². The predicted molar refractivity (Wildman–Crippen MR) is 185 cm³/mol. The summed E-state index contributed by atoms with van der Waals surface area (Å²) in [7, 11) is 1.14. The fourth-order valence-corrected chi connectivity index (χ4v) is 4.92. The smallest absolute Gasteiger partial charge is 0.306 e. The number of carbonyl (C=O) groups excluding carboxylic acids is 2. The number of hydrogen-bond donors (Lipinski definition) is 0. The Bertz CT molecular complexity index is 939. The second kappa shape index (κ2) is 29.1. The Labute approximate surface area is 280 Å². The zero-order valence-corrected chi connectivity index (χ0v) is 30.4. The van der Waals surface area contributed by atoms with Crippen LogP contribution in [0.4, 0.5) is 0 Å². The first-order valence-electron chi connectivity index (χ1n) is 17.4. The number of unbranched alkanes of at least 4 members (excludes halogenated alkanes) is 11. The molecular weight excluding hydrogens is 605 g/mol. The van der Waals surface area contributed by atoms with E-state index in [-0.39, 0.29) is 26.1 Å². The second-order valence-corrected chi connectivity index (χ2v) is 14.0. The van der Waals surface area contributed by atoms with Crippen LogP contribution in [0.1, 0.15) is 117 Å². The highest BCUT2D eigenvalue weighted by atomic mass is 31.2. The first-order valence-corrected chi connectivity index (χ1v) is 18.9. The SMILES string of the molecule is CC/C=C/C=C/C=C/C=C/CCCCCCCC(=O)OC[C@@H](COP(=O)([O-])OCC[N+](C)(C)C)OC(=O)CCCCCCCCC. The molecule has 0 bridgehead atoms. The van der Waals surface area contributed by atoms with Gasteiger partial charge in [0.2, 0.25) is 0 Å². The van der Waals surface area contributed by atoms with Crippen molar-refractivity contribution < 1.29 is 42.1 Å². The molecule has 0 rings (SSSR count). The molecule has 0 saturated carbocycles. The monoisotopic (exact) mass is 669 g/mol. The van der Waals surface area contributed by atoms with E-state index < -0.39 is 32.5 Å². The minimum Gasteiger partial charge on any atom is -0.756 e. The first-order chi connectivity index (χ1) is 22.0. The van der Waals surface area contributed by atoms with Crippen molar-refractivity contribution in [3.8, 4) is 0 Å². The molecule has 46 heavy (non-hydrogen) atoms. The highest BCUT2D eigenvalue weighted by molar-refractivity contribution is 7.45. The fourth-order valence-electron chi connectivity index (χ4n) is 4.19. The van der Waals surface area contributed by atoms with E-state index in [4.69, 9.17) is 18.5 Å². The van der Waals surface area contributed by atoms with Gasteiger partial charge in [0.25, 0.3) is 7.82 Å². The summed E-state index contributed by atoms with van der Waals surface area (Å²) in [5, 5.41) is 0. The van der Waals surface area contributed by atoms with Gasteiger partial charge in [-0.3, -0.25) is 14.2 Å². The van der Waals surface area contributed by atoms with Crippen LogP contribution in [0.5, 0.6) is 0 Å². The van der Waals surface area contributed by atoms with Gasteiger partial charge in [-0.25, -0.2) is 0 Å². The highest BCUT2D eigenvalue weighted by Gasteiger charge is 2.21. The van der Waals surface area contributed by atoms with Gasteiger partial charge in [-0.2, -0.15) is 0 Å². The summed E-state index contributed by atoms with van der Waals surface area (Å²) in [6.45, 7) is 3.97. The summed E-state index contributed by atoms with van der Waals surface area (Å²) < 4.78 is 33.5. The van der Waals surface area contributed by atoms with Gasteiger partial charge in [-0.05, 0) is 32.1 Å². The van der Waals surface area contributed by atoms with Gasteiger partial charge in [0.05, 0.1) is 27.7 Å². The van der Waals surface area contributed by atoms with Crippen molar-refractivity contribution in [2.75, 3.05) is 47.5 Å². The number of phosphoric ester groups is 1. The van der Waals surface area contributed by atoms with Crippen molar-refractivity contribution in [2.45, 2.75) is 123 Å². The van der Waals surface area contributed by atoms with Gasteiger partial charge in [-0.15, -0.1) is 0 Å². The minimum absolute atomic E-state index is 0.0364. The lowest BCUT2D eigenvalue weighted by Crippen LogP contribution is -2.37. The van der Waals surface area contributed by atoms with Crippen LogP contribution in [-0.4, -0.2) is 70.0 Å². The molecular formula is C36H64NO8P. The Kier molecular flexibility index (Phi) is 27.8. The normalized spacial score (nSPS) is 14.5. The number of rotatable bonds is 30. The van der Waals surface area contributed by atoms with E-state index in [0.717, 1.165) is 57.8 Å². The molecule has 0 fully saturated rings. The van der Waals surface area contributed by atoms with E-state index in [1.54, 1.807) is 0 Å². The lowest BCUT2D eigenvalue weighted by atomic mass is 10.1. The minimum atomic E-state index is -4.61. The number of likely N-dealkylation sites (N-methyl/N-ethyl adjacent to an activating group) is 1. The molecule has 10 heteroatoms. The molecule has 2 atom stereocenters. The van der Waals surface area contributed by atoms with Gasteiger partial charge in [0.1, 0.15) is 19.8 Å². The second-order valence-electron chi connectivity index (χ2n) is 12.6. The Morgan fingerprint density at radius 1 is 0.696 bits per heavy atom. The maximum atomic E-state index is 12.5. The zero-order valence-electron chi connectivity index (χ0n) is 29.5. The third-order valence-corrected chi connectivity index (χ3v) is 7.92. The molecule has 0 heterocycles. The molecule has 266 valence electrons. The van der Waals surface area contributed by atoms with E-state index in [2.05, 4.69) is 32.1 Å². The van der Waals surface area contributed by atoms with Crippen LogP contribution in [0.15, 0.2) is 48.6 Å². The lowest BCUT2D eigenvalue weighted by molar-refractivity contribution is -0.870. The van der Waals surface area contributed by atoms with Crippen molar-refractivity contribution >= 4 is 19.8 Å². The van der Waals surface area contributed by atoms with Crippen LogP contribution in [-0.2, 0) is 32.7 Å². The summed E-state index contributed by atoms with van der Waals surface area (Å²) >= 11 is 0. The van der Waals surface area contributed by atoms with Gasteiger partial charge in [0.15, 0.2) is 6.10 Å². The Morgan fingerprint density at radius 3 is 1.85 bits per heavy atom. The van der Waals surface area contributed by atoms with Crippen LogP contribution >= 0.6 is 7.82 Å². The maximum absolute atomic E-state index is 12.5. The topological polar surface area (TPSA) is 111 Å². The number of hydrogen-bond acceptors (Lipinski definition) is 8. The molecule has 0 aliphatic heterocycles. The largest absolute Gasteiger partial charge is 0.756 e. The molecule has 0 amide bonds.